The van der Waals surface area contributed by atoms with E-state index in [1.165, 1.54) is 0 Å². The summed E-state index contributed by atoms with van der Waals surface area (Å²) in [5, 5.41) is 7.14. The lowest BCUT2D eigenvalue weighted by atomic mass is 10.1. The molecule has 0 aliphatic rings. The van der Waals surface area contributed by atoms with Gasteiger partial charge in [0, 0.05) is 29.2 Å². The Labute approximate surface area is 134 Å². The monoisotopic (exact) mass is 329 g/mol. The molecule has 21 heavy (non-hydrogen) atoms. The summed E-state index contributed by atoms with van der Waals surface area (Å²) in [5.74, 6) is 0.258. The summed E-state index contributed by atoms with van der Waals surface area (Å²) in [7, 11) is 0. The van der Waals surface area contributed by atoms with Crippen molar-refractivity contribution in [1.82, 2.24) is 10.5 Å². The number of halogens is 2. The van der Waals surface area contributed by atoms with Crippen molar-refractivity contribution in [3.8, 4) is 11.3 Å². The fraction of sp³-hybridized carbons (Fsp3) is 0.286. The van der Waals surface area contributed by atoms with E-state index in [0.29, 0.717) is 23.7 Å². The maximum Gasteiger partial charge on any atom is 0.273 e. The van der Waals surface area contributed by atoms with Crippen LogP contribution in [0.2, 0.25) is 5.02 Å². The molecule has 2 aromatic rings. The van der Waals surface area contributed by atoms with Gasteiger partial charge in [-0.05, 0) is 37.6 Å². The first-order valence-electron chi connectivity index (χ1n) is 6.32. The number of rotatable bonds is 5. The highest BCUT2D eigenvalue weighted by atomic mass is 35.5. The molecule has 1 aromatic heterocycles. The predicted octanol–water partition coefficient (Wildman–Crippen LogP) is 2.88. The molecule has 0 saturated carbocycles. The molecule has 3 N–H and O–H groups in total. The Hall–Kier alpha value is -1.56. The van der Waals surface area contributed by atoms with E-state index in [-0.39, 0.29) is 30.0 Å². The third kappa shape index (κ3) is 5.04. The minimum atomic E-state index is -0.269. The Morgan fingerprint density at radius 3 is 2.71 bits per heavy atom. The molecule has 1 atom stereocenters. The molecule has 2 rings (SSSR count). The first-order valence-corrected chi connectivity index (χ1v) is 6.70. The third-order valence-electron chi connectivity index (χ3n) is 2.76. The Morgan fingerprint density at radius 2 is 2.10 bits per heavy atom. The molecule has 0 saturated heterocycles. The Morgan fingerprint density at radius 1 is 1.43 bits per heavy atom. The van der Waals surface area contributed by atoms with Crippen molar-refractivity contribution in [2.45, 2.75) is 19.4 Å². The number of hydrogen-bond acceptors (Lipinski definition) is 4. The molecule has 1 aromatic carbocycles. The highest BCUT2D eigenvalue weighted by Crippen LogP contribution is 2.22. The normalized spacial score (nSPS) is 11.6. The Balaban J connectivity index is 0.00000220. The number of hydrogen-bond donors (Lipinski definition) is 2. The molecular weight excluding hydrogens is 313 g/mol. The van der Waals surface area contributed by atoms with E-state index in [2.05, 4.69) is 10.5 Å². The van der Waals surface area contributed by atoms with E-state index >= 15 is 0 Å². The smallest absolute Gasteiger partial charge is 0.273 e. The predicted molar refractivity (Wildman–Crippen MR) is 84.8 cm³/mol. The second-order valence-corrected chi connectivity index (χ2v) is 5.04. The minimum absolute atomic E-state index is 0. The molecule has 7 heteroatoms. The van der Waals surface area contributed by atoms with E-state index in [4.69, 9.17) is 21.9 Å². The SMILES string of the molecule is CC(N)CCNC(=O)c1cc(-c2ccc(Cl)cc2)on1.Cl. The van der Waals surface area contributed by atoms with Gasteiger partial charge in [0.2, 0.25) is 0 Å². The summed E-state index contributed by atoms with van der Waals surface area (Å²) >= 11 is 5.82. The molecule has 0 aliphatic heterocycles. The maximum atomic E-state index is 11.8. The molecule has 5 nitrogen and oxygen atoms in total. The lowest BCUT2D eigenvalue weighted by molar-refractivity contribution is 0.0944. The van der Waals surface area contributed by atoms with Crippen LogP contribution in [0.4, 0.5) is 0 Å². The van der Waals surface area contributed by atoms with Gasteiger partial charge in [-0.15, -0.1) is 12.4 Å². The zero-order valence-electron chi connectivity index (χ0n) is 11.5. The van der Waals surface area contributed by atoms with Crippen LogP contribution in [0.3, 0.4) is 0 Å². The molecule has 0 fully saturated rings. The number of carbonyl (C=O) groups is 1. The zero-order valence-corrected chi connectivity index (χ0v) is 13.1. The molecule has 0 radical (unpaired) electrons. The largest absolute Gasteiger partial charge is 0.355 e. The van der Waals surface area contributed by atoms with Gasteiger partial charge in [0.05, 0.1) is 0 Å². The highest BCUT2D eigenvalue weighted by molar-refractivity contribution is 6.30. The summed E-state index contributed by atoms with van der Waals surface area (Å²) in [6.07, 6.45) is 0.716. The van der Waals surface area contributed by atoms with Crippen molar-refractivity contribution < 1.29 is 9.32 Å². The van der Waals surface area contributed by atoms with E-state index in [1.54, 1.807) is 30.3 Å². The van der Waals surface area contributed by atoms with Crippen LogP contribution in [0.15, 0.2) is 34.9 Å². The van der Waals surface area contributed by atoms with E-state index in [0.717, 1.165) is 5.56 Å². The first kappa shape index (κ1) is 17.5. The molecule has 0 aliphatic carbocycles. The van der Waals surface area contributed by atoms with Crippen LogP contribution in [0.5, 0.6) is 0 Å². The molecular formula is C14H17Cl2N3O2. The van der Waals surface area contributed by atoms with E-state index < -0.39 is 0 Å². The van der Waals surface area contributed by atoms with Crippen molar-refractivity contribution in [1.29, 1.82) is 0 Å². The van der Waals surface area contributed by atoms with Crippen molar-refractivity contribution in [3.63, 3.8) is 0 Å². The molecule has 114 valence electrons. The molecule has 1 amide bonds. The second-order valence-electron chi connectivity index (χ2n) is 4.61. The molecule has 1 unspecified atom stereocenters. The van der Waals surface area contributed by atoms with Crippen molar-refractivity contribution >= 4 is 29.9 Å². The van der Waals surface area contributed by atoms with Crippen LogP contribution < -0.4 is 11.1 Å². The Bertz CT molecular complexity index is 582. The van der Waals surface area contributed by atoms with Gasteiger partial charge in [0.1, 0.15) is 0 Å². The number of nitrogens with one attached hydrogen (secondary N) is 1. The van der Waals surface area contributed by atoms with Gasteiger partial charge in [-0.1, -0.05) is 16.8 Å². The number of carbonyl (C=O) groups excluding carboxylic acids is 1. The van der Waals surface area contributed by atoms with Crippen molar-refractivity contribution in [3.05, 3.63) is 41.0 Å². The first-order chi connectivity index (χ1) is 9.56. The molecule has 0 spiro atoms. The summed E-state index contributed by atoms with van der Waals surface area (Å²) < 4.78 is 5.16. The topological polar surface area (TPSA) is 81.1 Å². The minimum Gasteiger partial charge on any atom is -0.355 e. The lowest BCUT2D eigenvalue weighted by Gasteiger charge is -2.04. The highest BCUT2D eigenvalue weighted by Gasteiger charge is 2.13. The summed E-state index contributed by atoms with van der Waals surface area (Å²) in [6.45, 7) is 2.40. The van der Waals surface area contributed by atoms with Gasteiger partial charge < -0.3 is 15.6 Å². The van der Waals surface area contributed by atoms with Gasteiger partial charge in [-0.3, -0.25) is 4.79 Å². The quantitative estimate of drug-likeness (QED) is 0.883. The fourth-order valence-electron chi connectivity index (χ4n) is 1.64. The van der Waals surface area contributed by atoms with Crippen molar-refractivity contribution in [2.75, 3.05) is 6.54 Å². The number of nitrogens with zero attached hydrogens (tertiary/aromatic N) is 1. The van der Waals surface area contributed by atoms with Gasteiger partial charge in [-0.2, -0.15) is 0 Å². The summed E-state index contributed by atoms with van der Waals surface area (Å²) in [4.78, 5) is 11.8. The van der Waals surface area contributed by atoms with Gasteiger partial charge in [0.25, 0.3) is 5.91 Å². The number of nitrogens with two attached hydrogens (primary N) is 1. The number of benzene rings is 1. The molecule has 0 bridgehead atoms. The van der Waals surface area contributed by atoms with Crippen LogP contribution in [0.25, 0.3) is 11.3 Å². The zero-order chi connectivity index (χ0) is 14.5. The van der Waals surface area contributed by atoms with E-state index in [1.807, 2.05) is 6.92 Å². The van der Waals surface area contributed by atoms with Gasteiger partial charge in [0.15, 0.2) is 11.5 Å². The summed E-state index contributed by atoms with van der Waals surface area (Å²) in [5.41, 5.74) is 6.68. The fourth-order valence-corrected chi connectivity index (χ4v) is 1.76. The standard InChI is InChI=1S/C14H16ClN3O2.ClH/c1-9(16)6-7-17-14(19)12-8-13(20-18-12)10-2-4-11(15)5-3-10;/h2-5,8-9H,6-7,16H2,1H3,(H,17,19);1H. The van der Waals surface area contributed by atoms with Gasteiger partial charge >= 0.3 is 0 Å². The lowest BCUT2D eigenvalue weighted by Crippen LogP contribution is -2.29. The average Bonchev–Trinajstić information content (AvgIpc) is 2.88. The van der Waals surface area contributed by atoms with Crippen LogP contribution in [0.1, 0.15) is 23.8 Å². The van der Waals surface area contributed by atoms with Crippen LogP contribution in [0, 0.1) is 0 Å². The van der Waals surface area contributed by atoms with Crippen LogP contribution >= 0.6 is 24.0 Å². The van der Waals surface area contributed by atoms with Crippen LogP contribution in [-0.4, -0.2) is 23.7 Å². The number of amides is 1. The van der Waals surface area contributed by atoms with Gasteiger partial charge in [-0.25, -0.2) is 0 Å². The molecule has 1 heterocycles. The summed E-state index contributed by atoms with van der Waals surface area (Å²) in [6, 6.07) is 8.77. The average molecular weight is 330 g/mol. The second kappa shape index (κ2) is 8.02. The third-order valence-corrected chi connectivity index (χ3v) is 3.01. The Kier molecular flexibility index (Phi) is 6.68. The number of aromatic nitrogens is 1. The maximum absolute atomic E-state index is 11.8. The van der Waals surface area contributed by atoms with Crippen LogP contribution in [-0.2, 0) is 0 Å². The van der Waals surface area contributed by atoms with Crippen molar-refractivity contribution in [2.24, 2.45) is 5.73 Å². The van der Waals surface area contributed by atoms with E-state index in [9.17, 15) is 4.79 Å².